The summed E-state index contributed by atoms with van der Waals surface area (Å²) >= 11 is 0. The highest BCUT2D eigenvalue weighted by molar-refractivity contribution is 7.86. The van der Waals surface area contributed by atoms with Crippen LogP contribution >= 0.6 is 0 Å². The number of nitrogens with zero attached hydrogens (tertiary/aromatic N) is 1. The van der Waals surface area contributed by atoms with E-state index in [-0.39, 0.29) is 13.1 Å². The van der Waals surface area contributed by atoms with E-state index >= 15 is 0 Å². The molecule has 0 aromatic carbocycles. The Kier molecular flexibility index (Phi) is 4.03. The number of carbonyl (C=O) groups is 1. The fraction of sp³-hybridized carbons (Fsp3) is 0.615. The molecule has 8 heteroatoms. The number of amides is 1. The lowest BCUT2D eigenvalue weighted by Gasteiger charge is -2.24. The van der Waals surface area contributed by atoms with E-state index in [9.17, 15) is 17.8 Å². The molecule has 1 amide bonds. The van der Waals surface area contributed by atoms with Crippen molar-refractivity contribution in [3.8, 4) is 0 Å². The Morgan fingerprint density at radius 1 is 1.43 bits per heavy atom. The van der Waals surface area contributed by atoms with Crippen LogP contribution in [0.5, 0.6) is 0 Å². The normalized spacial score (nSPS) is 23.3. The molecule has 118 valence electrons. The van der Waals surface area contributed by atoms with Gasteiger partial charge in [-0.15, -0.1) is 0 Å². The molecule has 2 rings (SSSR count). The van der Waals surface area contributed by atoms with Crippen molar-refractivity contribution in [2.45, 2.75) is 37.5 Å². The predicted molar refractivity (Wildman–Crippen MR) is 74.6 cm³/mol. The van der Waals surface area contributed by atoms with Gasteiger partial charge in [0.25, 0.3) is 10.1 Å². The topological polar surface area (TPSA) is 97.0 Å². The van der Waals surface area contributed by atoms with Crippen molar-refractivity contribution >= 4 is 16.2 Å². The van der Waals surface area contributed by atoms with Crippen LogP contribution in [-0.2, 0) is 14.9 Å². The summed E-state index contributed by atoms with van der Waals surface area (Å²) in [6.07, 6.45) is 0.817. The van der Waals surface area contributed by atoms with E-state index < -0.39 is 33.0 Å². The van der Waals surface area contributed by atoms with Crippen molar-refractivity contribution in [3.63, 3.8) is 0 Å². The van der Waals surface area contributed by atoms with Gasteiger partial charge < -0.3 is 14.1 Å². The molecule has 2 atom stereocenters. The van der Waals surface area contributed by atoms with Crippen molar-refractivity contribution in [1.82, 2.24) is 4.90 Å². The maximum atomic E-state index is 12.0. The van der Waals surface area contributed by atoms with E-state index in [4.69, 9.17) is 9.15 Å². The molecule has 0 saturated carbocycles. The van der Waals surface area contributed by atoms with Crippen LogP contribution in [0.1, 0.15) is 32.4 Å². The Bertz CT molecular complexity index is 601. The van der Waals surface area contributed by atoms with E-state index in [0.717, 1.165) is 0 Å². The summed E-state index contributed by atoms with van der Waals surface area (Å²) in [5.74, 6) is -0.189. The minimum atomic E-state index is -4.30. The number of hydrogen-bond donors (Lipinski definition) is 1. The highest BCUT2D eigenvalue weighted by Crippen LogP contribution is 2.32. The summed E-state index contributed by atoms with van der Waals surface area (Å²) in [5, 5.41) is -1.11. The van der Waals surface area contributed by atoms with Crippen molar-refractivity contribution < 1.29 is 26.9 Å². The van der Waals surface area contributed by atoms with Crippen molar-refractivity contribution in [3.05, 3.63) is 24.2 Å². The van der Waals surface area contributed by atoms with Gasteiger partial charge in [-0.05, 0) is 32.9 Å². The summed E-state index contributed by atoms with van der Waals surface area (Å²) in [4.78, 5) is 13.3. The first kappa shape index (κ1) is 15.8. The molecule has 0 spiro atoms. The molecular formula is C13H19NO6S. The predicted octanol–water partition coefficient (Wildman–Crippen LogP) is 1.87. The second kappa shape index (κ2) is 5.34. The fourth-order valence-corrected chi connectivity index (χ4v) is 3.33. The lowest BCUT2D eigenvalue weighted by Crippen LogP contribution is -2.36. The maximum absolute atomic E-state index is 12.0. The second-order valence-electron chi connectivity index (χ2n) is 6.06. The average molecular weight is 317 g/mol. The summed E-state index contributed by atoms with van der Waals surface area (Å²) in [7, 11) is -4.30. The van der Waals surface area contributed by atoms with E-state index in [0.29, 0.717) is 5.76 Å². The van der Waals surface area contributed by atoms with Crippen LogP contribution in [-0.4, -0.2) is 47.9 Å². The van der Waals surface area contributed by atoms with Gasteiger partial charge in [0.15, 0.2) is 0 Å². The Hall–Kier alpha value is -1.54. The Morgan fingerprint density at radius 3 is 2.57 bits per heavy atom. The smallest absolute Gasteiger partial charge is 0.410 e. The van der Waals surface area contributed by atoms with Crippen molar-refractivity contribution in [2.75, 3.05) is 13.1 Å². The maximum Gasteiger partial charge on any atom is 0.410 e. The van der Waals surface area contributed by atoms with Crippen molar-refractivity contribution in [2.24, 2.45) is 0 Å². The molecule has 1 aromatic rings. The minimum absolute atomic E-state index is 0.118. The van der Waals surface area contributed by atoms with Gasteiger partial charge in [0.2, 0.25) is 0 Å². The molecule has 2 heterocycles. The van der Waals surface area contributed by atoms with Crippen LogP contribution < -0.4 is 0 Å². The molecule has 1 N–H and O–H groups in total. The lowest BCUT2D eigenvalue weighted by molar-refractivity contribution is 0.0292. The highest BCUT2D eigenvalue weighted by atomic mass is 32.2. The number of furan rings is 1. The first-order chi connectivity index (χ1) is 9.58. The summed E-state index contributed by atoms with van der Waals surface area (Å²) in [6, 6.07) is 3.26. The van der Waals surface area contributed by atoms with Crippen LogP contribution in [0.15, 0.2) is 22.8 Å². The summed E-state index contributed by atoms with van der Waals surface area (Å²) < 4.78 is 42.9. The zero-order chi connectivity index (χ0) is 15.8. The average Bonchev–Trinajstić information content (AvgIpc) is 2.94. The molecule has 1 saturated heterocycles. The number of likely N-dealkylation sites (tertiary alicyclic amines) is 1. The summed E-state index contributed by atoms with van der Waals surface area (Å²) in [5.41, 5.74) is -0.673. The van der Waals surface area contributed by atoms with Crippen molar-refractivity contribution in [1.29, 1.82) is 0 Å². The first-order valence-corrected chi connectivity index (χ1v) is 8.06. The zero-order valence-corrected chi connectivity index (χ0v) is 13.0. The number of rotatable bonds is 2. The molecule has 1 aliphatic rings. The standard InChI is InChI=1S/C13H19NO6S/c1-13(2,3)20-12(15)14-7-9(10-5-4-6-19-10)11(8-14)21(16,17)18/h4-6,9,11H,7-8H2,1-3H3,(H,16,17,18). The number of ether oxygens (including phenoxy) is 1. The molecule has 1 fully saturated rings. The van der Waals surface area contributed by atoms with Gasteiger partial charge in [0, 0.05) is 13.1 Å². The molecule has 21 heavy (non-hydrogen) atoms. The number of carbonyl (C=O) groups excluding carboxylic acids is 1. The SMILES string of the molecule is CC(C)(C)OC(=O)N1CC(c2ccco2)C(S(=O)(=O)O)C1. The number of hydrogen-bond acceptors (Lipinski definition) is 5. The molecule has 7 nitrogen and oxygen atoms in total. The third-order valence-corrected chi connectivity index (χ3v) is 4.45. The fourth-order valence-electron chi connectivity index (χ4n) is 2.33. The molecule has 1 aromatic heterocycles. The largest absolute Gasteiger partial charge is 0.469 e. The molecule has 0 bridgehead atoms. The van der Waals surface area contributed by atoms with Gasteiger partial charge in [0.05, 0.1) is 12.2 Å². The monoisotopic (exact) mass is 317 g/mol. The zero-order valence-electron chi connectivity index (χ0n) is 12.1. The third kappa shape index (κ3) is 3.76. The van der Waals surface area contributed by atoms with Gasteiger partial charge in [-0.25, -0.2) is 4.79 Å². The third-order valence-electron chi connectivity index (χ3n) is 3.21. The molecule has 2 unspecified atom stereocenters. The Morgan fingerprint density at radius 2 is 2.10 bits per heavy atom. The van der Waals surface area contributed by atoms with Gasteiger partial charge in [-0.1, -0.05) is 0 Å². The molecule has 0 aliphatic carbocycles. The van der Waals surface area contributed by atoms with Crippen LogP contribution in [0.25, 0.3) is 0 Å². The second-order valence-corrected chi connectivity index (χ2v) is 7.70. The van der Waals surface area contributed by atoms with Crippen LogP contribution in [0.4, 0.5) is 4.79 Å². The Labute approximate surface area is 123 Å². The van der Waals surface area contributed by atoms with Crippen LogP contribution in [0.3, 0.4) is 0 Å². The van der Waals surface area contributed by atoms with Crippen LogP contribution in [0, 0.1) is 0 Å². The van der Waals surface area contributed by atoms with Gasteiger partial charge >= 0.3 is 6.09 Å². The first-order valence-electron chi connectivity index (χ1n) is 6.55. The molecule has 1 aliphatic heterocycles. The Balaban J connectivity index is 2.21. The van der Waals surface area contributed by atoms with E-state index in [1.807, 2.05) is 0 Å². The lowest BCUT2D eigenvalue weighted by atomic mass is 10.1. The minimum Gasteiger partial charge on any atom is -0.469 e. The molecular weight excluding hydrogens is 298 g/mol. The molecule has 0 radical (unpaired) electrons. The quantitative estimate of drug-likeness (QED) is 0.836. The van der Waals surface area contributed by atoms with Gasteiger partial charge in [-0.3, -0.25) is 4.55 Å². The van der Waals surface area contributed by atoms with Gasteiger partial charge in [0.1, 0.15) is 16.6 Å². The van der Waals surface area contributed by atoms with Crippen LogP contribution in [0.2, 0.25) is 0 Å². The van der Waals surface area contributed by atoms with E-state index in [1.165, 1.54) is 11.2 Å². The van der Waals surface area contributed by atoms with E-state index in [1.54, 1.807) is 32.9 Å². The highest BCUT2D eigenvalue weighted by Gasteiger charge is 2.45. The summed E-state index contributed by atoms with van der Waals surface area (Å²) in [6.45, 7) is 5.17. The van der Waals surface area contributed by atoms with Gasteiger partial charge in [-0.2, -0.15) is 8.42 Å². The van der Waals surface area contributed by atoms with E-state index in [2.05, 4.69) is 0 Å².